The summed E-state index contributed by atoms with van der Waals surface area (Å²) in [5, 5.41) is 9.93. The van der Waals surface area contributed by atoms with Crippen LogP contribution < -0.4 is 4.74 Å². The molecule has 0 spiro atoms. The molecular formula is C30H34O4. The number of hydrogen-bond acceptors (Lipinski definition) is 4. The van der Waals surface area contributed by atoms with Gasteiger partial charge in [0.2, 0.25) is 0 Å². The molecule has 0 bridgehead atoms. The number of hydrogen-bond donors (Lipinski definition) is 1. The molecule has 3 rings (SSSR count). The number of aromatic hydroxyl groups is 1. The minimum absolute atomic E-state index is 0.0306. The van der Waals surface area contributed by atoms with E-state index in [-0.39, 0.29) is 5.41 Å². The topological polar surface area (TPSA) is 55.8 Å². The first-order chi connectivity index (χ1) is 16.3. The second kappa shape index (κ2) is 11.6. The lowest BCUT2D eigenvalue weighted by atomic mass is 9.63. The van der Waals surface area contributed by atoms with Gasteiger partial charge in [-0.15, -0.1) is 0 Å². The van der Waals surface area contributed by atoms with E-state index in [1.54, 1.807) is 37.5 Å². The van der Waals surface area contributed by atoms with Crippen LogP contribution in [0.2, 0.25) is 0 Å². The lowest BCUT2D eigenvalue weighted by Gasteiger charge is -2.40. The summed E-state index contributed by atoms with van der Waals surface area (Å²) in [4.78, 5) is 11.3. The number of aryl methyl sites for hydroxylation is 2. The summed E-state index contributed by atoms with van der Waals surface area (Å²) >= 11 is 0. The Morgan fingerprint density at radius 1 is 0.912 bits per heavy atom. The van der Waals surface area contributed by atoms with Crippen molar-refractivity contribution in [1.29, 1.82) is 0 Å². The summed E-state index contributed by atoms with van der Waals surface area (Å²) in [6.07, 6.45) is 15.8. The minimum atomic E-state index is -0.446. The van der Waals surface area contributed by atoms with Crippen LogP contribution in [0.3, 0.4) is 0 Å². The molecule has 0 unspecified atom stereocenters. The van der Waals surface area contributed by atoms with Crippen molar-refractivity contribution in [2.24, 2.45) is 0 Å². The second-order valence-corrected chi connectivity index (χ2v) is 8.96. The number of allylic oxidation sites excluding steroid dienone is 4. The number of carbonyl (C=O) groups excluding carboxylic acids is 1. The highest BCUT2D eigenvalue weighted by molar-refractivity contribution is 5.87. The van der Waals surface area contributed by atoms with Gasteiger partial charge in [-0.3, -0.25) is 0 Å². The summed E-state index contributed by atoms with van der Waals surface area (Å²) in [5.41, 5.74) is 5.33. The van der Waals surface area contributed by atoms with E-state index in [1.807, 2.05) is 18.2 Å². The van der Waals surface area contributed by atoms with E-state index >= 15 is 0 Å². The number of benzene rings is 2. The van der Waals surface area contributed by atoms with Crippen molar-refractivity contribution in [2.45, 2.75) is 58.3 Å². The molecule has 0 saturated heterocycles. The van der Waals surface area contributed by atoms with Crippen molar-refractivity contribution >= 4 is 5.97 Å². The highest BCUT2D eigenvalue weighted by Gasteiger charge is 2.37. The first kappa shape index (κ1) is 25.1. The van der Waals surface area contributed by atoms with Crippen LogP contribution in [0.5, 0.6) is 11.5 Å². The molecule has 1 N–H and O–H groups in total. The van der Waals surface area contributed by atoms with Crippen molar-refractivity contribution in [2.75, 3.05) is 0 Å². The molecule has 178 valence electrons. The largest absolute Gasteiger partial charge is 0.508 e. The van der Waals surface area contributed by atoms with Crippen LogP contribution in [0.15, 0.2) is 85.4 Å². The summed E-state index contributed by atoms with van der Waals surface area (Å²) in [6.45, 7) is 9.37. The number of rotatable bonds is 8. The molecule has 1 aliphatic carbocycles. The van der Waals surface area contributed by atoms with Crippen LogP contribution in [-0.2, 0) is 14.9 Å². The first-order valence-electron chi connectivity index (χ1n) is 11.8. The molecule has 2 aromatic carbocycles. The zero-order valence-corrected chi connectivity index (χ0v) is 20.3. The van der Waals surface area contributed by atoms with Gasteiger partial charge in [-0.05, 0) is 92.3 Å². The van der Waals surface area contributed by atoms with Crippen LogP contribution in [0.4, 0.5) is 0 Å². The molecule has 2 aromatic rings. The molecule has 0 heterocycles. The average molecular weight is 459 g/mol. The smallest absolute Gasteiger partial charge is 0.337 e. The minimum Gasteiger partial charge on any atom is -0.508 e. The Kier molecular flexibility index (Phi) is 8.53. The second-order valence-electron chi connectivity index (χ2n) is 8.96. The SMILES string of the molecule is C=C(C)C(=O)O/C=C/C=C/C=C/Oc1ccc(C2(c3ccc(O)cc3C)CCCCC2)c(C)c1. The molecule has 1 aliphatic rings. The molecule has 1 fully saturated rings. The molecule has 0 amide bonds. The van der Waals surface area contributed by atoms with Crippen molar-refractivity contribution in [1.82, 2.24) is 0 Å². The number of carbonyl (C=O) groups is 1. The predicted molar refractivity (Wildman–Crippen MR) is 137 cm³/mol. The zero-order valence-electron chi connectivity index (χ0n) is 20.3. The fourth-order valence-corrected chi connectivity index (χ4v) is 4.81. The van der Waals surface area contributed by atoms with Gasteiger partial charge < -0.3 is 14.6 Å². The lowest BCUT2D eigenvalue weighted by molar-refractivity contribution is -0.133. The Labute approximate surface area is 202 Å². The van der Waals surface area contributed by atoms with Crippen molar-refractivity contribution in [3.8, 4) is 11.5 Å². The third kappa shape index (κ3) is 6.07. The summed E-state index contributed by atoms with van der Waals surface area (Å²) < 4.78 is 10.7. The summed E-state index contributed by atoms with van der Waals surface area (Å²) in [7, 11) is 0. The van der Waals surface area contributed by atoms with Gasteiger partial charge in [0.05, 0.1) is 12.5 Å². The number of esters is 1. The fourth-order valence-electron chi connectivity index (χ4n) is 4.81. The Bertz CT molecular complexity index is 1110. The van der Waals surface area contributed by atoms with E-state index in [1.165, 1.54) is 42.2 Å². The van der Waals surface area contributed by atoms with Crippen molar-refractivity contribution in [3.05, 3.63) is 108 Å². The Morgan fingerprint density at radius 3 is 2.15 bits per heavy atom. The Hall–Kier alpha value is -3.53. The van der Waals surface area contributed by atoms with E-state index in [0.29, 0.717) is 11.3 Å². The van der Waals surface area contributed by atoms with E-state index in [0.717, 1.165) is 24.2 Å². The third-order valence-corrected chi connectivity index (χ3v) is 6.36. The van der Waals surface area contributed by atoms with Gasteiger partial charge in [0.15, 0.2) is 0 Å². The molecule has 0 radical (unpaired) electrons. The van der Waals surface area contributed by atoms with Gasteiger partial charge in [-0.25, -0.2) is 4.79 Å². The van der Waals surface area contributed by atoms with Gasteiger partial charge in [-0.1, -0.05) is 50.1 Å². The molecule has 0 aliphatic heterocycles. The molecule has 34 heavy (non-hydrogen) atoms. The van der Waals surface area contributed by atoms with Gasteiger partial charge in [0.1, 0.15) is 11.5 Å². The quantitative estimate of drug-likeness (QED) is 0.195. The number of phenolic OH excluding ortho intramolecular Hbond substituents is 1. The maximum atomic E-state index is 11.3. The molecule has 1 saturated carbocycles. The Morgan fingerprint density at radius 2 is 1.53 bits per heavy atom. The van der Waals surface area contributed by atoms with Crippen LogP contribution in [0.25, 0.3) is 0 Å². The van der Waals surface area contributed by atoms with Crippen LogP contribution in [0, 0.1) is 13.8 Å². The van der Waals surface area contributed by atoms with E-state index < -0.39 is 5.97 Å². The van der Waals surface area contributed by atoms with Crippen LogP contribution >= 0.6 is 0 Å². The van der Waals surface area contributed by atoms with Crippen molar-refractivity contribution < 1.29 is 19.4 Å². The Balaban J connectivity index is 1.71. The maximum Gasteiger partial charge on any atom is 0.337 e. The third-order valence-electron chi connectivity index (χ3n) is 6.36. The molecule has 4 heteroatoms. The van der Waals surface area contributed by atoms with Gasteiger partial charge >= 0.3 is 5.97 Å². The van der Waals surface area contributed by atoms with E-state index in [2.05, 4.69) is 38.6 Å². The van der Waals surface area contributed by atoms with Gasteiger partial charge in [-0.2, -0.15) is 0 Å². The monoisotopic (exact) mass is 458 g/mol. The predicted octanol–water partition coefficient (Wildman–Crippen LogP) is 7.34. The van der Waals surface area contributed by atoms with Gasteiger partial charge in [0.25, 0.3) is 0 Å². The molecule has 0 atom stereocenters. The lowest BCUT2D eigenvalue weighted by Crippen LogP contribution is -2.32. The molecule has 0 aromatic heterocycles. The fraction of sp³-hybridized carbons (Fsp3) is 0.300. The summed E-state index contributed by atoms with van der Waals surface area (Å²) in [5.74, 6) is 0.653. The van der Waals surface area contributed by atoms with E-state index in [9.17, 15) is 9.90 Å². The maximum absolute atomic E-state index is 11.3. The zero-order chi connectivity index (χ0) is 24.6. The normalized spacial score (nSPS) is 15.7. The molecule has 4 nitrogen and oxygen atoms in total. The van der Waals surface area contributed by atoms with Crippen molar-refractivity contribution in [3.63, 3.8) is 0 Å². The van der Waals surface area contributed by atoms with E-state index in [4.69, 9.17) is 9.47 Å². The highest BCUT2D eigenvalue weighted by Crippen LogP contribution is 2.47. The van der Waals surface area contributed by atoms with Crippen LogP contribution in [-0.4, -0.2) is 11.1 Å². The highest BCUT2D eigenvalue weighted by atomic mass is 16.5. The standard InChI is InChI=1S/C30H34O4/c1-22(2)29(32)34-19-11-6-5-10-18-33-26-13-15-28(24(4)21-26)30(16-8-7-9-17-30)27-14-12-25(31)20-23(27)3/h5-6,10-15,18-21,31H,1,7-9,16-17H2,2-4H3/b6-5+,18-10+,19-11+. The number of phenols is 1. The van der Waals surface area contributed by atoms with Crippen LogP contribution in [0.1, 0.15) is 61.3 Å². The number of ether oxygens (including phenoxy) is 2. The van der Waals surface area contributed by atoms with Gasteiger partial charge in [0, 0.05) is 11.0 Å². The first-order valence-corrected chi connectivity index (χ1v) is 11.8. The summed E-state index contributed by atoms with van der Waals surface area (Å²) in [6, 6.07) is 12.1. The average Bonchev–Trinajstić information content (AvgIpc) is 2.81. The molecular weight excluding hydrogens is 424 g/mol.